The van der Waals surface area contributed by atoms with Crippen molar-refractivity contribution < 1.29 is 27.8 Å². The quantitative estimate of drug-likeness (QED) is 0.157. The molecule has 8 nitrogen and oxygen atoms in total. The molecule has 2 aromatic heterocycles. The number of hydrogen-bond acceptors (Lipinski definition) is 8. The third-order valence-electron chi connectivity index (χ3n) is 5.40. The van der Waals surface area contributed by atoms with Gasteiger partial charge in [0.2, 0.25) is 0 Å². The van der Waals surface area contributed by atoms with Crippen LogP contribution >= 0.6 is 34.8 Å². The number of pyridine rings is 2. The number of anilines is 1. The molecule has 0 aliphatic heterocycles. The highest BCUT2D eigenvalue weighted by Gasteiger charge is 2.13. The highest BCUT2D eigenvalue weighted by molar-refractivity contribution is 6.34. The minimum atomic E-state index is -0.524. The van der Waals surface area contributed by atoms with Crippen LogP contribution in [0.5, 0.6) is 0 Å². The molecular formula is C30H29Cl3F2N4O4. The van der Waals surface area contributed by atoms with Gasteiger partial charge in [-0.05, 0) is 79.0 Å². The summed E-state index contributed by atoms with van der Waals surface area (Å²) in [7, 11) is 2.57. The van der Waals surface area contributed by atoms with Crippen molar-refractivity contribution in [2.45, 2.75) is 12.8 Å². The van der Waals surface area contributed by atoms with Gasteiger partial charge in [-0.1, -0.05) is 59.1 Å². The molecule has 43 heavy (non-hydrogen) atoms. The van der Waals surface area contributed by atoms with Crippen LogP contribution in [0.15, 0.2) is 72.8 Å². The number of benzene rings is 2. The number of rotatable bonds is 8. The standard InChI is InChI=1S/C15H14ClFN2O2.C8H10FN.C7H5Cl2NO2/c1-21-15(20)12-5-6-13(16)19-14(12)18-8-7-10-3-2-4-11(17)9-10;9-8-3-1-2-7(6-8)4-5-10;1-12-7(11)4-2-3-5(8)10-6(4)9/h2-6,9H,7-8H2,1H3,(H,18,19);1-3,6H,4-5,10H2;2-3H,1H3. The van der Waals surface area contributed by atoms with Gasteiger partial charge in [-0.25, -0.2) is 28.3 Å². The van der Waals surface area contributed by atoms with Crippen LogP contribution in [0.3, 0.4) is 0 Å². The second kappa shape index (κ2) is 18.7. The Morgan fingerprint density at radius 3 is 1.79 bits per heavy atom. The Morgan fingerprint density at radius 2 is 1.28 bits per heavy atom. The van der Waals surface area contributed by atoms with Gasteiger partial charge < -0.3 is 20.5 Å². The van der Waals surface area contributed by atoms with Crippen molar-refractivity contribution in [3.05, 3.63) is 122 Å². The summed E-state index contributed by atoms with van der Waals surface area (Å²) in [5.74, 6) is -1.13. The van der Waals surface area contributed by atoms with E-state index in [0.717, 1.165) is 17.5 Å². The molecule has 4 aromatic rings. The van der Waals surface area contributed by atoms with E-state index < -0.39 is 11.9 Å². The molecule has 0 radical (unpaired) electrons. The molecular weight excluding hydrogens is 625 g/mol. The van der Waals surface area contributed by atoms with Crippen LogP contribution in [0.4, 0.5) is 14.6 Å². The van der Waals surface area contributed by atoms with Crippen LogP contribution in [0.2, 0.25) is 15.5 Å². The van der Waals surface area contributed by atoms with Crippen LogP contribution in [0.1, 0.15) is 31.8 Å². The molecule has 3 N–H and O–H groups in total. The van der Waals surface area contributed by atoms with Gasteiger partial charge >= 0.3 is 11.9 Å². The lowest BCUT2D eigenvalue weighted by molar-refractivity contribution is 0.0592. The lowest BCUT2D eigenvalue weighted by Gasteiger charge is -2.10. The summed E-state index contributed by atoms with van der Waals surface area (Å²) in [5, 5.41) is 3.59. The Morgan fingerprint density at radius 1 is 0.767 bits per heavy atom. The summed E-state index contributed by atoms with van der Waals surface area (Å²) in [5.41, 5.74) is 7.62. The van der Waals surface area contributed by atoms with E-state index in [1.807, 2.05) is 12.1 Å². The fraction of sp³-hybridized carbons (Fsp3) is 0.200. The molecule has 0 saturated heterocycles. The predicted molar refractivity (Wildman–Crippen MR) is 164 cm³/mol. The van der Waals surface area contributed by atoms with Crippen LogP contribution in [-0.2, 0) is 22.3 Å². The number of ether oxygens (including phenoxy) is 2. The maximum Gasteiger partial charge on any atom is 0.341 e. The first-order valence-electron chi connectivity index (χ1n) is 12.7. The molecule has 0 aliphatic carbocycles. The predicted octanol–water partition coefficient (Wildman–Crippen LogP) is 6.82. The average Bonchev–Trinajstić information content (AvgIpc) is 2.97. The third kappa shape index (κ3) is 12.5. The number of halogens is 5. The van der Waals surface area contributed by atoms with E-state index in [1.54, 1.807) is 18.2 Å². The van der Waals surface area contributed by atoms with Crippen molar-refractivity contribution in [1.29, 1.82) is 0 Å². The molecule has 13 heteroatoms. The Balaban J connectivity index is 0.000000248. The van der Waals surface area contributed by atoms with Crippen molar-refractivity contribution >= 4 is 52.6 Å². The first kappa shape index (κ1) is 35.4. The summed E-state index contributed by atoms with van der Waals surface area (Å²) < 4.78 is 34.7. The molecule has 4 rings (SSSR count). The van der Waals surface area contributed by atoms with Crippen molar-refractivity contribution in [2.75, 3.05) is 32.6 Å². The summed E-state index contributed by atoms with van der Waals surface area (Å²) in [4.78, 5) is 30.3. The molecule has 0 fully saturated rings. The zero-order valence-electron chi connectivity index (χ0n) is 23.3. The summed E-state index contributed by atoms with van der Waals surface area (Å²) in [6.07, 6.45) is 1.34. The number of esters is 2. The molecule has 228 valence electrons. The van der Waals surface area contributed by atoms with E-state index in [9.17, 15) is 18.4 Å². The molecule has 0 spiro atoms. The molecule has 0 bridgehead atoms. The van der Waals surface area contributed by atoms with Crippen LogP contribution in [-0.4, -0.2) is 49.2 Å². The van der Waals surface area contributed by atoms with Gasteiger partial charge in [-0.15, -0.1) is 0 Å². The lowest BCUT2D eigenvalue weighted by Crippen LogP contribution is -2.12. The minimum absolute atomic E-state index is 0.0503. The fourth-order valence-corrected chi connectivity index (χ4v) is 3.97. The van der Waals surface area contributed by atoms with Gasteiger partial charge in [0.1, 0.15) is 38.5 Å². The maximum atomic E-state index is 13.1. The summed E-state index contributed by atoms with van der Waals surface area (Å²) in [6.45, 7) is 1.06. The average molecular weight is 654 g/mol. The Bertz CT molecular complexity index is 1510. The zero-order chi connectivity index (χ0) is 31.8. The van der Waals surface area contributed by atoms with Gasteiger partial charge in [0.25, 0.3) is 0 Å². The first-order valence-corrected chi connectivity index (χ1v) is 13.8. The van der Waals surface area contributed by atoms with E-state index in [0.29, 0.717) is 30.9 Å². The topological polar surface area (TPSA) is 116 Å². The van der Waals surface area contributed by atoms with Crippen molar-refractivity contribution in [3.63, 3.8) is 0 Å². The Labute approximate surface area is 263 Å². The highest BCUT2D eigenvalue weighted by Crippen LogP contribution is 2.18. The highest BCUT2D eigenvalue weighted by atomic mass is 35.5. The lowest BCUT2D eigenvalue weighted by atomic mass is 10.1. The number of nitrogens with one attached hydrogen (secondary N) is 1. The number of carbonyl (C=O) groups is 2. The summed E-state index contributed by atoms with van der Waals surface area (Å²) in [6, 6.07) is 18.8. The SMILES string of the molecule is COC(=O)c1ccc(Cl)nc1Cl.COC(=O)c1ccc(Cl)nc1NCCc1cccc(F)c1.NCCc1cccc(F)c1. The maximum absolute atomic E-state index is 13.1. The molecule has 2 aromatic carbocycles. The second-order valence-electron chi connectivity index (χ2n) is 8.46. The largest absolute Gasteiger partial charge is 0.465 e. The molecule has 0 unspecified atom stereocenters. The van der Waals surface area contributed by atoms with Crippen LogP contribution < -0.4 is 11.1 Å². The molecule has 0 aliphatic rings. The van der Waals surface area contributed by atoms with Crippen molar-refractivity contribution in [2.24, 2.45) is 5.73 Å². The number of methoxy groups -OCH3 is 2. The number of nitrogens with two attached hydrogens (primary N) is 1. The van der Waals surface area contributed by atoms with E-state index in [-0.39, 0.29) is 32.7 Å². The molecule has 0 amide bonds. The van der Waals surface area contributed by atoms with Crippen molar-refractivity contribution in [1.82, 2.24) is 9.97 Å². The summed E-state index contributed by atoms with van der Waals surface area (Å²) >= 11 is 17.0. The number of carbonyl (C=O) groups excluding carboxylic acids is 2. The zero-order valence-corrected chi connectivity index (χ0v) is 25.5. The van der Waals surface area contributed by atoms with E-state index in [4.69, 9.17) is 40.5 Å². The Hall–Kier alpha value is -3.83. The van der Waals surface area contributed by atoms with Crippen LogP contribution in [0.25, 0.3) is 0 Å². The van der Waals surface area contributed by atoms with Crippen LogP contribution in [0, 0.1) is 11.6 Å². The van der Waals surface area contributed by atoms with E-state index in [2.05, 4.69) is 24.8 Å². The van der Waals surface area contributed by atoms with Gasteiger partial charge in [-0.2, -0.15) is 0 Å². The third-order valence-corrected chi connectivity index (χ3v) is 6.11. The van der Waals surface area contributed by atoms with Crippen molar-refractivity contribution in [3.8, 4) is 0 Å². The molecule has 2 heterocycles. The number of aromatic nitrogens is 2. The number of hydrogen-bond donors (Lipinski definition) is 2. The van der Waals surface area contributed by atoms with Gasteiger partial charge in [0, 0.05) is 6.54 Å². The first-order chi connectivity index (χ1) is 20.6. The smallest absolute Gasteiger partial charge is 0.341 e. The fourth-order valence-electron chi connectivity index (χ4n) is 3.40. The van der Waals surface area contributed by atoms with Gasteiger partial charge in [-0.3, -0.25) is 0 Å². The van der Waals surface area contributed by atoms with Gasteiger partial charge in [0.05, 0.1) is 19.8 Å². The van der Waals surface area contributed by atoms with E-state index >= 15 is 0 Å². The normalized spacial score (nSPS) is 9.95. The molecule has 0 atom stereocenters. The second-order valence-corrected chi connectivity index (χ2v) is 9.59. The Kier molecular flexibility index (Phi) is 15.3. The van der Waals surface area contributed by atoms with Gasteiger partial charge in [0.15, 0.2) is 0 Å². The number of nitrogens with zero attached hydrogens (tertiary/aromatic N) is 2. The monoisotopic (exact) mass is 652 g/mol. The minimum Gasteiger partial charge on any atom is -0.465 e. The molecule has 0 saturated carbocycles. The van der Waals surface area contributed by atoms with E-state index in [1.165, 1.54) is 56.7 Å².